The highest BCUT2D eigenvalue weighted by Crippen LogP contribution is 2.31. The van der Waals surface area contributed by atoms with E-state index in [2.05, 4.69) is 34.6 Å². The van der Waals surface area contributed by atoms with Gasteiger partial charge in [-0.2, -0.15) is 0 Å². The van der Waals surface area contributed by atoms with Crippen LogP contribution in [0.1, 0.15) is 31.7 Å². The molecular weight excluding hydrogens is 312 g/mol. The van der Waals surface area contributed by atoms with Gasteiger partial charge in [0.2, 0.25) is 0 Å². The SMILES string of the molecule is CCNC(=NCC1CCN(C2CC2)C1)NCCc1ccc(OC)cc1. The molecule has 1 aliphatic heterocycles. The third kappa shape index (κ3) is 5.63. The number of ether oxygens (including phenoxy) is 1. The summed E-state index contributed by atoms with van der Waals surface area (Å²) in [5.41, 5.74) is 1.31. The number of benzene rings is 1. The van der Waals surface area contributed by atoms with Crippen LogP contribution >= 0.6 is 0 Å². The lowest BCUT2D eigenvalue weighted by Gasteiger charge is -2.15. The first-order valence-corrected chi connectivity index (χ1v) is 9.67. The fourth-order valence-corrected chi connectivity index (χ4v) is 3.46. The van der Waals surface area contributed by atoms with Crippen molar-refractivity contribution >= 4 is 5.96 Å². The smallest absolute Gasteiger partial charge is 0.191 e. The van der Waals surface area contributed by atoms with Crippen molar-refractivity contribution in [3.05, 3.63) is 29.8 Å². The van der Waals surface area contributed by atoms with Crippen molar-refractivity contribution in [3.63, 3.8) is 0 Å². The predicted molar refractivity (Wildman–Crippen MR) is 103 cm³/mol. The lowest BCUT2D eigenvalue weighted by atomic mass is 10.1. The van der Waals surface area contributed by atoms with Crippen molar-refractivity contribution in [2.75, 3.05) is 39.8 Å². The third-order valence-electron chi connectivity index (χ3n) is 5.10. The Balaban J connectivity index is 1.41. The lowest BCUT2D eigenvalue weighted by molar-refractivity contribution is 0.315. The number of methoxy groups -OCH3 is 1. The van der Waals surface area contributed by atoms with Gasteiger partial charge >= 0.3 is 0 Å². The molecule has 1 saturated heterocycles. The zero-order valence-electron chi connectivity index (χ0n) is 15.6. The summed E-state index contributed by atoms with van der Waals surface area (Å²) >= 11 is 0. The molecule has 1 heterocycles. The summed E-state index contributed by atoms with van der Waals surface area (Å²) in [4.78, 5) is 7.47. The molecule has 1 aromatic carbocycles. The van der Waals surface area contributed by atoms with Crippen LogP contribution in [-0.2, 0) is 6.42 Å². The molecule has 1 unspecified atom stereocenters. The Kier molecular flexibility index (Phi) is 6.56. The van der Waals surface area contributed by atoms with Gasteiger partial charge in [0, 0.05) is 32.2 Å². The minimum atomic E-state index is 0.720. The van der Waals surface area contributed by atoms with E-state index in [1.807, 2.05) is 12.1 Å². The molecular formula is C20H32N4O. The molecule has 0 aromatic heterocycles. The van der Waals surface area contributed by atoms with Crippen molar-refractivity contribution in [1.29, 1.82) is 0 Å². The topological polar surface area (TPSA) is 48.9 Å². The summed E-state index contributed by atoms with van der Waals surface area (Å²) in [6.45, 7) is 7.34. The predicted octanol–water partition coefficient (Wildman–Crippen LogP) is 2.28. The van der Waals surface area contributed by atoms with Crippen LogP contribution in [0, 0.1) is 5.92 Å². The average Bonchev–Trinajstić information content (AvgIpc) is 3.39. The normalized spacial score (nSPS) is 21.4. The number of nitrogens with zero attached hydrogens (tertiary/aromatic N) is 2. The van der Waals surface area contributed by atoms with Crippen molar-refractivity contribution in [1.82, 2.24) is 15.5 Å². The highest BCUT2D eigenvalue weighted by atomic mass is 16.5. The maximum atomic E-state index is 5.20. The van der Waals surface area contributed by atoms with Gasteiger partial charge in [0.05, 0.1) is 7.11 Å². The Hall–Kier alpha value is -1.75. The van der Waals surface area contributed by atoms with Gasteiger partial charge in [-0.25, -0.2) is 0 Å². The fourth-order valence-electron chi connectivity index (χ4n) is 3.46. The lowest BCUT2D eigenvalue weighted by Crippen LogP contribution is -2.38. The van der Waals surface area contributed by atoms with E-state index >= 15 is 0 Å². The summed E-state index contributed by atoms with van der Waals surface area (Å²) < 4.78 is 5.20. The van der Waals surface area contributed by atoms with Gasteiger partial charge in [-0.1, -0.05) is 12.1 Å². The van der Waals surface area contributed by atoms with Crippen molar-refractivity contribution in [2.45, 2.75) is 38.6 Å². The first-order chi connectivity index (χ1) is 12.3. The first kappa shape index (κ1) is 18.1. The molecule has 0 amide bonds. The fraction of sp³-hybridized carbons (Fsp3) is 0.650. The van der Waals surface area contributed by atoms with Crippen LogP contribution in [0.3, 0.4) is 0 Å². The Bertz CT molecular complexity index is 553. The Morgan fingerprint density at radius 3 is 2.68 bits per heavy atom. The van der Waals surface area contributed by atoms with Gasteiger partial charge in [0.25, 0.3) is 0 Å². The van der Waals surface area contributed by atoms with E-state index in [4.69, 9.17) is 9.73 Å². The van der Waals surface area contributed by atoms with Gasteiger partial charge in [-0.05, 0) is 62.8 Å². The highest BCUT2D eigenvalue weighted by Gasteiger charge is 2.34. The molecule has 1 atom stereocenters. The Morgan fingerprint density at radius 2 is 2.00 bits per heavy atom. The summed E-state index contributed by atoms with van der Waals surface area (Å²) in [6, 6.07) is 9.16. The molecule has 2 fully saturated rings. The Labute approximate surface area is 151 Å². The molecule has 1 saturated carbocycles. The van der Waals surface area contributed by atoms with Crippen LogP contribution in [0.5, 0.6) is 5.75 Å². The van der Waals surface area contributed by atoms with Gasteiger partial charge in [0.15, 0.2) is 5.96 Å². The molecule has 5 nitrogen and oxygen atoms in total. The highest BCUT2D eigenvalue weighted by molar-refractivity contribution is 5.79. The van der Waals surface area contributed by atoms with E-state index < -0.39 is 0 Å². The molecule has 0 bridgehead atoms. The maximum Gasteiger partial charge on any atom is 0.191 e. The molecule has 3 rings (SSSR count). The van der Waals surface area contributed by atoms with E-state index in [9.17, 15) is 0 Å². The van der Waals surface area contributed by atoms with Crippen LogP contribution in [0.25, 0.3) is 0 Å². The van der Waals surface area contributed by atoms with Crippen LogP contribution < -0.4 is 15.4 Å². The van der Waals surface area contributed by atoms with Gasteiger partial charge in [-0.15, -0.1) is 0 Å². The van der Waals surface area contributed by atoms with E-state index in [1.165, 1.54) is 37.9 Å². The number of nitrogens with one attached hydrogen (secondary N) is 2. The van der Waals surface area contributed by atoms with Crippen molar-refractivity contribution in [2.24, 2.45) is 10.9 Å². The number of rotatable bonds is 8. The zero-order chi connectivity index (χ0) is 17.5. The first-order valence-electron chi connectivity index (χ1n) is 9.67. The van der Waals surface area contributed by atoms with Gasteiger partial charge in [-0.3, -0.25) is 4.99 Å². The van der Waals surface area contributed by atoms with Crippen LogP contribution in [0.4, 0.5) is 0 Å². The second-order valence-electron chi connectivity index (χ2n) is 7.13. The molecule has 5 heteroatoms. The van der Waals surface area contributed by atoms with Crippen LogP contribution in [-0.4, -0.2) is 56.7 Å². The van der Waals surface area contributed by atoms with Crippen LogP contribution in [0.15, 0.2) is 29.3 Å². The standard InChI is InChI=1S/C20H32N4O/c1-3-21-20(22-12-10-16-4-8-19(25-2)9-5-16)23-14-17-11-13-24(15-17)18-6-7-18/h4-5,8-9,17-18H,3,6-7,10-15H2,1-2H3,(H2,21,22,23). The van der Waals surface area contributed by atoms with E-state index in [-0.39, 0.29) is 0 Å². The maximum absolute atomic E-state index is 5.20. The van der Waals surface area contributed by atoms with E-state index in [0.29, 0.717) is 0 Å². The summed E-state index contributed by atoms with van der Waals surface area (Å²) in [6.07, 6.45) is 5.09. The molecule has 1 aromatic rings. The number of likely N-dealkylation sites (tertiary alicyclic amines) is 1. The summed E-state index contributed by atoms with van der Waals surface area (Å²) in [5.74, 6) is 2.57. The summed E-state index contributed by atoms with van der Waals surface area (Å²) in [5, 5.41) is 6.82. The van der Waals surface area contributed by atoms with E-state index in [0.717, 1.165) is 49.7 Å². The van der Waals surface area contributed by atoms with Gasteiger partial charge in [0.1, 0.15) is 5.75 Å². The van der Waals surface area contributed by atoms with Crippen molar-refractivity contribution in [3.8, 4) is 5.75 Å². The molecule has 2 N–H and O–H groups in total. The quantitative estimate of drug-likeness (QED) is 0.561. The van der Waals surface area contributed by atoms with E-state index in [1.54, 1.807) is 7.11 Å². The average molecular weight is 345 g/mol. The Morgan fingerprint density at radius 1 is 1.20 bits per heavy atom. The second-order valence-corrected chi connectivity index (χ2v) is 7.13. The molecule has 2 aliphatic rings. The second kappa shape index (κ2) is 9.09. The molecule has 0 radical (unpaired) electrons. The number of hydrogen-bond donors (Lipinski definition) is 2. The molecule has 1 aliphatic carbocycles. The number of aliphatic imine (C=N–C) groups is 1. The molecule has 138 valence electrons. The van der Waals surface area contributed by atoms with Crippen molar-refractivity contribution < 1.29 is 4.74 Å². The third-order valence-corrected chi connectivity index (χ3v) is 5.10. The monoisotopic (exact) mass is 344 g/mol. The zero-order valence-corrected chi connectivity index (χ0v) is 15.6. The summed E-state index contributed by atoms with van der Waals surface area (Å²) in [7, 11) is 1.70. The molecule has 0 spiro atoms. The number of guanidine groups is 1. The molecule has 25 heavy (non-hydrogen) atoms. The largest absolute Gasteiger partial charge is 0.497 e. The minimum absolute atomic E-state index is 0.720. The minimum Gasteiger partial charge on any atom is -0.497 e. The van der Waals surface area contributed by atoms with Crippen LogP contribution in [0.2, 0.25) is 0 Å². The number of hydrogen-bond acceptors (Lipinski definition) is 3. The van der Waals surface area contributed by atoms with Gasteiger partial charge < -0.3 is 20.3 Å².